The second-order valence-corrected chi connectivity index (χ2v) is 3.61. The monoisotopic (exact) mass is 258 g/mol. The summed E-state index contributed by atoms with van der Waals surface area (Å²) in [5, 5.41) is 0. The third-order valence-electron chi connectivity index (χ3n) is 1.79. The van der Waals surface area contributed by atoms with Gasteiger partial charge < -0.3 is 10.5 Å². The maximum absolute atomic E-state index is 10.9. The highest BCUT2D eigenvalue weighted by Gasteiger charge is 2.11. The third-order valence-corrected chi connectivity index (χ3v) is 2.26. The van der Waals surface area contributed by atoms with Crippen molar-refractivity contribution in [2.24, 2.45) is 5.73 Å². The van der Waals surface area contributed by atoms with Crippen molar-refractivity contribution in [2.45, 2.75) is 12.5 Å². The number of rotatable bonds is 3. The van der Waals surface area contributed by atoms with Gasteiger partial charge in [-0.05, 0) is 27.6 Å². The summed E-state index contributed by atoms with van der Waals surface area (Å²) in [6.07, 6.45) is 1.80. The molecule has 2 N–H and O–H groups in total. The van der Waals surface area contributed by atoms with Crippen LogP contribution in [-0.4, -0.2) is 18.1 Å². The van der Waals surface area contributed by atoms with Crippen molar-refractivity contribution in [1.29, 1.82) is 0 Å². The van der Waals surface area contributed by atoms with Gasteiger partial charge in [-0.3, -0.25) is 4.79 Å². The van der Waals surface area contributed by atoms with Gasteiger partial charge in [-0.15, -0.1) is 0 Å². The molecule has 0 aliphatic carbocycles. The van der Waals surface area contributed by atoms with E-state index in [4.69, 9.17) is 5.73 Å². The Bertz CT molecular complexity index is 313. The van der Waals surface area contributed by atoms with Gasteiger partial charge in [-0.1, -0.05) is 6.07 Å². The fraction of sp³-hybridized carbons (Fsp3) is 0.333. The van der Waals surface area contributed by atoms with Crippen LogP contribution in [0.15, 0.2) is 22.9 Å². The zero-order valence-electron chi connectivity index (χ0n) is 7.74. The average Bonchev–Trinajstić information content (AvgIpc) is 2.18. The number of nitrogens with two attached hydrogens (primary N) is 1. The highest BCUT2D eigenvalue weighted by Crippen LogP contribution is 2.15. The Morgan fingerprint density at radius 1 is 1.71 bits per heavy atom. The van der Waals surface area contributed by atoms with E-state index in [1.165, 1.54) is 7.11 Å². The number of esters is 1. The molecule has 0 amide bonds. The summed E-state index contributed by atoms with van der Waals surface area (Å²) in [4.78, 5) is 14.9. The summed E-state index contributed by atoms with van der Waals surface area (Å²) in [5.74, 6) is -0.319. The first-order chi connectivity index (χ1) is 6.63. The number of carbonyl (C=O) groups is 1. The molecule has 0 spiro atoms. The molecule has 5 heteroatoms. The topological polar surface area (TPSA) is 65.2 Å². The van der Waals surface area contributed by atoms with Crippen LogP contribution in [0.3, 0.4) is 0 Å². The van der Waals surface area contributed by atoms with Gasteiger partial charge >= 0.3 is 5.97 Å². The molecule has 0 bridgehead atoms. The van der Waals surface area contributed by atoms with E-state index in [1.807, 2.05) is 6.07 Å². The molecule has 0 radical (unpaired) electrons. The van der Waals surface area contributed by atoms with E-state index in [2.05, 4.69) is 25.7 Å². The van der Waals surface area contributed by atoms with Crippen molar-refractivity contribution in [3.63, 3.8) is 0 Å². The summed E-state index contributed by atoms with van der Waals surface area (Å²) >= 11 is 3.22. The summed E-state index contributed by atoms with van der Waals surface area (Å²) < 4.78 is 5.26. The number of nitrogens with zero attached hydrogens (tertiary/aromatic N) is 1. The van der Waals surface area contributed by atoms with E-state index in [0.717, 1.165) is 10.2 Å². The van der Waals surface area contributed by atoms with Gasteiger partial charge in [-0.25, -0.2) is 4.98 Å². The molecule has 0 unspecified atom stereocenters. The summed E-state index contributed by atoms with van der Waals surface area (Å²) in [7, 11) is 1.34. The second-order valence-electron chi connectivity index (χ2n) is 2.80. The Balaban J connectivity index is 2.65. The fourth-order valence-electron chi connectivity index (χ4n) is 0.987. The maximum Gasteiger partial charge on any atom is 0.307 e. The minimum atomic E-state index is -0.358. The molecule has 0 fully saturated rings. The van der Waals surface area contributed by atoms with Gasteiger partial charge in [0.1, 0.15) is 4.60 Å². The number of hydrogen-bond donors (Lipinski definition) is 1. The summed E-state index contributed by atoms with van der Waals surface area (Å²) in [6, 6.07) is 3.25. The zero-order chi connectivity index (χ0) is 10.6. The number of carbonyl (C=O) groups excluding carboxylic acids is 1. The van der Waals surface area contributed by atoms with E-state index >= 15 is 0 Å². The quantitative estimate of drug-likeness (QED) is 0.658. The molecule has 0 aromatic carbocycles. The van der Waals surface area contributed by atoms with E-state index in [0.29, 0.717) is 0 Å². The average molecular weight is 259 g/mol. The lowest BCUT2D eigenvalue weighted by molar-refractivity contribution is -0.141. The Hall–Kier alpha value is -0.940. The van der Waals surface area contributed by atoms with Gasteiger partial charge in [0, 0.05) is 12.2 Å². The largest absolute Gasteiger partial charge is 0.469 e. The van der Waals surface area contributed by atoms with Crippen molar-refractivity contribution >= 4 is 21.9 Å². The lowest BCUT2D eigenvalue weighted by atomic mass is 10.1. The Morgan fingerprint density at radius 3 is 2.93 bits per heavy atom. The number of halogens is 1. The van der Waals surface area contributed by atoms with Crippen LogP contribution in [0.4, 0.5) is 0 Å². The Morgan fingerprint density at radius 2 is 2.43 bits per heavy atom. The molecule has 0 saturated heterocycles. The molecular weight excluding hydrogens is 248 g/mol. The maximum atomic E-state index is 10.9. The van der Waals surface area contributed by atoms with Gasteiger partial charge in [0.15, 0.2) is 0 Å². The van der Waals surface area contributed by atoms with Crippen LogP contribution in [0, 0.1) is 0 Å². The van der Waals surface area contributed by atoms with Crippen LogP contribution < -0.4 is 5.73 Å². The molecular formula is C9H11BrN2O2. The first-order valence-corrected chi connectivity index (χ1v) is 4.86. The normalized spacial score (nSPS) is 12.2. The first-order valence-electron chi connectivity index (χ1n) is 4.07. The number of aromatic nitrogens is 1. The molecule has 0 aliphatic heterocycles. The molecule has 1 rings (SSSR count). The minimum absolute atomic E-state index is 0.166. The number of methoxy groups -OCH3 is 1. The lowest BCUT2D eigenvalue weighted by Gasteiger charge is -2.09. The molecule has 0 aliphatic rings. The van der Waals surface area contributed by atoms with Crippen LogP contribution in [0.5, 0.6) is 0 Å². The lowest BCUT2D eigenvalue weighted by Crippen LogP contribution is -2.16. The van der Waals surface area contributed by atoms with E-state index in [1.54, 1.807) is 12.3 Å². The third kappa shape index (κ3) is 3.08. The van der Waals surface area contributed by atoms with Gasteiger partial charge in [-0.2, -0.15) is 0 Å². The van der Waals surface area contributed by atoms with E-state index in [9.17, 15) is 4.79 Å². The molecule has 1 aromatic heterocycles. The van der Waals surface area contributed by atoms with Crippen molar-refractivity contribution < 1.29 is 9.53 Å². The minimum Gasteiger partial charge on any atom is -0.469 e. The molecule has 1 heterocycles. The molecule has 14 heavy (non-hydrogen) atoms. The van der Waals surface area contributed by atoms with Crippen molar-refractivity contribution in [3.05, 3.63) is 28.5 Å². The van der Waals surface area contributed by atoms with Gasteiger partial charge in [0.25, 0.3) is 0 Å². The molecule has 1 atom stereocenters. The standard InChI is InChI=1S/C9H11BrN2O2/c1-14-9(13)4-7(11)6-2-3-8(10)12-5-6/h2-3,5,7H,4,11H2,1H3/t7-/m0/s1. The van der Waals surface area contributed by atoms with Crippen LogP contribution in [-0.2, 0) is 9.53 Å². The van der Waals surface area contributed by atoms with Crippen LogP contribution in [0.1, 0.15) is 18.0 Å². The van der Waals surface area contributed by atoms with Gasteiger partial charge in [0.2, 0.25) is 0 Å². The smallest absolute Gasteiger partial charge is 0.307 e. The van der Waals surface area contributed by atoms with Crippen LogP contribution in [0.2, 0.25) is 0 Å². The Labute approximate surface area is 90.6 Å². The number of hydrogen-bond acceptors (Lipinski definition) is 4. The molecule has 76 valence electrons. The number of ether oxygens (including phenoxy) is 1. The number of pyridine rings is 1. The van der Waals surface area contributed by atoms with Crippen molar-refractivity contribution in [3.8, 4) is 0 Å². The molecule has 0 saturated carbocycles. The van der Waals surface area contributed by atoms with Crippen LogP contribution in [0.25, 0.3) is 0 Å². The van der Waals surface area contributed by atoms with E-state index < -0.39 is 0 Å². The van der Waals surface area contributed by atoms with Crippen molar-refractivity contribution in [1.82, 2.24) is 4.98 Å². The van der Waals surface area contributed by atoms with Gasteiger partial charge in [0.05, 0.1) is 13.5 Å². The van der Waals surface area contributed by atoms with E-state index in [-0.39, 0.29) is 18.4 Å². The fourth-order valence-corrected chi connectivity index (χ4v) is 1.22. The first kappa shape index (κ1) is 11.1. The Kier molecular flexibility index (Phi) is 4.03. The second kappa shape index (κ2) is 5.07. The molecule has 4 nitrogen and oxygen atoms in total. The highest BCUT2D eigenvalue weighted by atomic mass is 79.9. The summed E-state index contributed by atoms with van der Waals surface area (Å²) in [5.41, 5.74) is 6.58. The summed E-state index contributed by atoms with van der Waals surface area (Å²) in [6.45, 7) is 0. The predicted octanol–water partition coefficient (Wildman–Crippen LogP) is 1.41. The SMILES string of the molecule is COC(=O)C[C@H](N)c1ccc(Br)nc1. The predicted molar refractivity (Wildman–Crippen MR) is 55.5 cm³/mol. The molecule has 1 aromatic rings. The van der Waals surface area contributed by atoms with Crippen molar-refractivity contribution in [2.75, 3.05) is 7.11 Å². The highest BCUT2D eigenvalue weighted by molar-refractivity contribution is 9.10. The zero-order valence-corrected chi connectivity index (χ0v) is 9.32. The van der Waals surface area contributed by atoms with Crippen LogP contribution >= 0.6 is 15.9 Å².